The van der Waals surface area contributed by atoms with Crippen molar-refractivity contribution in [1.29, 1.82) is 0 Å². The SMILES string of the molecule is CC(C)C(C)N(C)CCCS. The van der Waals surface area contributed by atoms with Crippen LogP contribution in [0.5, 0.6) is 0 Å². The molecule has 2 heteroatoms. The van der Waals surface area contributed by atoms with Crippen LogP contribution in [0.15, 0.2) is 0 Å². The minimum absolute atomic E-state index is 0.690. The highest BCUT2D eigenvalue weighted by molar-refractivity contribution is 7.80. The van der Waals surface area contributed by atoms with Crippen LogP contribution in [-0.4, -0.2) is 30.3 Å². The van der Waals surface area contributed by atoms with E-state index in [1.807, 2.05) is 0 Å². The third-order valence-corrected chi connectivity index (χ3v) is 2.65. The second kappa shape index (κ2) is 5.90. The molecule has 68 valence electrons. The normalized spacial score (nSPS) is 14.5. The van der Waals surface area contributed by atoms with Crippen LogP contribution in [0.4, 0.5) is 0 Å². The number of thiol groups is 1. The summed E-state index contributed by atoms with van der Waals surface area (Å²) in [5, 5.41) is 0. The Kier molecular flexibility index (Phi) is 6.06. The summed E-state index contributed by atoms with van der Waals surface area (Å²) in [6.07, 6.45) is 1.19. The predicted molar refractivity (Wildman–Crippen MR) is 55.4 cm³/mol. The zero-order chi connectivity index (χ0) is 8.85. The van der Waals surface area contributed by atoms with Gasteiger partial charge in [0.05, 0.1) is 0 Å². The second-order valence-corrected chi connectivity index (χ2v) is 3.99. The Labute approximate surface area is 76.6 Å². The quantitative estimate of drug-likeness (QED) is 0.627. The van der Waals surface area contributed by atoms with Crippen molar-refractivity contribution >= 4 is 12.6 Å². The molecule has 0 saturated heterocycles. The highest BCUT2D eigenvalue weighted by atomic mass is 32.1. The zero-order valence-electron chi connectivity index (χ0n) is 8.17. The molecule has 0 aliphatic rings. The largest absolute Gasteiger partial charge is 0.303 e. The van der Waals surface area contributed by atoms with Crippen molar-refractivity contribution in [3.63, 3.8) is 0 Å². The number of hydrogen-bond donors (Lipinski definition) is 1. The van der Waals surface area contributed by atoms with Gasteiger partial charge < -0.3 is 4.90 Å². The van der Waals surface area contributed by atoms with Crippen LogP contribution >= 0.6 is 12.6 Å². The molecule has 0 aliphatic carbocycles. The fourth-order valence-electron chi connectivity index (χ4n) is 1.03. The van der Waals surface area contributed by atoms with Gasteiger partial charge in [-0.3, -0.25) is 0 Å². The van der Waals surface area contributed by atoms with E-state index in [0.717, 1.165) is 11.7 Å². The molecule has 1 atom stereocenters. The van der Waals surface area contributed by atoms with Gasteiger partial charge in [-0.1, -0.05) is 13.8 Å². The molecule has 0 bridgehead atoms. The summed E-state index contributed by atoms with van der Waals surface area (Å²) in [6.45, 7) is 7.98. The Hall–Kier alpha value is 0.310. The topological polar surface area (TPSA) is 3.24 Å². The lowest BCUT2D eigenvalue weighted by molar-refractivity contribution is 0.209. The molecule has 0 rings (SSSR count). The van der Waals surface area contributed by atoms with Gasteiger partial charge in [0.15, 0.2) is 0 Å². The standard InChI is InChI=1S/C9H21NS/c1-8(2)9(3)10(4)6-5-7-11/h8-9,11H,5-7H2,1-4H3. The highest BCUT2D eigenvalue weighted by Gasteiger charge is 2.11. The van der Waals surface area contributed by atoms with Crippen molar-refractivity contribution < 1.29 is 0 Å². The summed E-state index contributed by atoms with van der Waals surface area (Å²) in [6, 6.07) is 0.690. The number of hydrogen-bond acceptors (Lipinski definition) is 2. The maximum Gasteiger partial charge on any atom is 0.00868 e. The minimum atomic E-state index is 0.690. The molecule has 0 aliphatic heterocycles. The smallest absolute Gasteiger partial charge is 0.00868 e. The van der Waals surface area contributed by atoms with Crippen molar-refractivity contribution in [2.24, 2.45) is 5.92 Å². The molecule has 0 aromatic heterocycles. The van der Waals surface area contributed by atoms with Crippen LogP contribution in [0.25, 0.3) is 0 Å². The molecule has 11 heavy (non-hydrogen) atoms. The Morgan fingerprint density at radius 3 is 2.18 bits per heavy atom. The fraction of sp³-hybridized carbons (Fsp3) is 1.00. The molecule has 0 aromatic rings. The first-order chi connectivity index (χ1) is 5.09. The van der Waals surface area contributed by atoms with Gasteiger partial charge in [0.25, 0.3) is 0 Å². The number of nitrogens with zero attached hydrogens (tertiary/aromatic N) is 1. The molecule has 0 radical (unpaired) electrons. The molecular formula is C9H21NS. The van der Waals surface area contributed by atoms with E-state index in [1.54, 1.807) is 0 Å². The average molecular weight is 175 g/mol. The Balaban J connectivity index is 3.55. The molecule has 0 fully saturated rings. The summed E-state index contributed by atoms with van der Waals surface area (Å²) in [5.74, 6) is 1.75. The van der Waals surface area contributed by atoms with Crippen LogP contribution in [0, 0.1) is 5.92 Å². The lowest BCUT2D eigenvalue weighted by atomic mass is 10.1. The van der Waals surface area contributed by atoms with E-state index in [-0.39, 0.29) is 0 Å². The van der Waals surface area contributed by atoms with Crippen LogP contribution in [-0.2, 0) is 0 Å². The van der Waals surface area contributed by atoms with Gasteiger partial charge in [-0.15, -0.1) is 0 Å². The predicted octanol–water partition coefficient (Wildman–Crippen LogP) is 2.28. The van der Waals surface area contributed by atoms with E-state index in [4.69, 9.17) is 0 Å². The van der Waals surface area contributed by atoms with Crippen LogP contribution < -0.4 is 0 Å². The van der Waals surface area contributed by atoms with E-state index in [2.05, 4.69) is 45.3 Å². The van der Waals surface area contributed by atoms with E-state index in [0.29, 0.717) is 6.04 Å². The first kappa shape index (κ1) is 11.3. The fourth-order valence-corrected chi connectivity index (χ4v) is 1.17. The Bertz CT molecular complexity index is 93.6. The molecule has 0 aromatic carbocycles. The first-order valence-electron chi connectivity index (χ1n) is 4.40. The monoisotopic (exact) mass is 175 g/mol. The lowest BCUT2D eigenvalue weighted by Crippen LogP contribution is -2.34. The summed E-state index contributed by atoms with van der Waals surface area (Å²) in [4.78, 5) is 2.40. The molecule has 1 unspecified atom stereocenters. The Morgan fingerprint density at radius 1 is 1.27 bits per heavy atom. The van der Waals surface area contributed by atoms with E-state index < -0.39 is 0 Å². The summed E-state index contributed by atoms with van der Waals surface area (Å²) in [7, 11) is 2.19. The molecule has 0 spiro atoms. The molecule has 0 amide bonds. The maximum absolute atomic E-state index is 4.19. The third kappa shape index (κ3) is 4.70. The van der Waals surface area contributed by atoms with Crippen LogP contribution in [0.3, 0.4) is 0 Å². The van der Waals surface area contributed by atoms with Crippen molar-refractivity contribution in [3.8, 4) is 0 Å². The minimum Gasteiger partial charge on any atom is -0.303 e. The van der Waals surface area contributed by atoms with Gasteiger partial charge in [-0.05, 0) is 38.6 Å². The second-order valence-electron chi connectivity index (χ2n) is 3.54. The van der Waals surface area contributed by atoms with Crippen LogP contribution in [0.2, 0.25) is 0 Å². The molecule has 0 N–H and O–H groups in total. The zero-order valence-corrected chi connectivity index (χ0v) is 9.06. The maximum atomic E-state index is 4.19. The van der Waals surface area contributed by atoms with Crippen molar-refractivity contribution in [2.75, 3.05) is 19.3 Å². The summed E-state index contributed by atoms with van der Waals surface area (Å²) in [5.41, 5.74) is 0. The van der Waals surface area contributed by atoms with Gasteiger partial charge in [0.1, 0.15) is 0 Å². The van der Waals surface area contributed by atoms with Gasteiger partial charge in [0.2, 0.25) is 0 Å². The van der Waals surface area contributed by atoms with E-state index in [1.165, 1.54) is 13.0 Å². The van der Waals surface area contributed by atoms with E-state index in [9.17, 15) is 0 Å². The van der Waals surface area contributed by atoms with Gasteiger partial charge in [-0.25, -0.2) is 0 Å². The first-order valence-corrected chi connectivity index (χ1v) is 5.04. The van der Waals surface area contributed by atoms with Gasteiger partial charge in [-0.2, -0.15) is 12.6 Å². The van der Waals surface area contributed by atoms with Crippen molar-refractivity contribution in [3.05, 3.63) is 0 Å². The summed E-state index contributed by atoms with van der Waals surface area (Å²) >= 11 is 4.19. The molecule has 0 heterocycles. The molecule has 0 saturated carbocycles. The van der Waals surface area contributed by atoms with E-state index >= 15 is 0 Å². The Morgan fingerprint density at radius 2 is 1.82 bits per heavy atom. The summed E-state index contributed by atoms with van der Waals surface area (Å²) < 4.78 is 0. The third-order valence-electron chi connectivity index (χ3n) is 2.33. The van der Waals surface area contributed by atoms with Crippen LogP contribution in [0.1, 0.15) is 27.2 Å². The van der Waals surface area contributed by atoms with Gasteiger partial charge in [0, 0.05) is 6.04 Å². The van der Waals surface area contributed by atoms with Crippen molar-refractivity contribution in [1.82, 2.24) is 4.90 Å². The molecular weight excluding hydrogens is 154 g/mol. The molecule has 1 nitrogen and oxygen atoms in total. The van der Waals surface area contributed by atoms with Crippen molar-refractivity contribution in [2.45, 2.75) is 33.2 Å². The lowest BCUT2D eigenvalue weighted by Gasteiger charge is -2.27. The highest BCUT2D eigenvalue weighted by Crippen LogP contribution is 2.07. The number of rotatable bonds is 5. The average Bonchev–Trinajstić information content (AvgIpc) is 1.98. The van der Waals surface area contributed by atoms with Gasteiger partial charge >= 0.3 is 0 Å².